The predicted molar refractivity (Wildman–Crippen MR) is 403 cm³/mol. The second-order valence-corrected chi connectivity index (χ2v) is 28.8. The summed E-state index contributed by atoms with van der Waals surface area (Å²) in [5, 5.41) is 54.7. The summed E-state index contributed by atoms with van der Waals surface area (Å²) in [6, 6.07) is -0.808. The van der Waals surface area contributed by atoms with Crippen LogP contribution in [-0.4, -0.2) is 100 Å². The van der Waals surface area contributed by atoms with Gasteiger partial charge in [0.2, 0.25) is 5.91 Å². The number of unbranched alkanes of at least 4 members (excludes halogenated alkanes) is 54. The van der Waals surface area contributed by atoms with Gasteiger partial charge in [0.15, 0.2) is 6.29 Å². The Labute approximate surface area is 586 Å². The number of aliphatic hydroxyl groups excluding tert-OH is 5. The molecule has 0 aromatic carbocycles. The van der Waals surface area contributed by atoms with Crippen LogP contribution >= 0.6 is 0 Å². The maximum absolute atomic E-state index is 13.1. The molecular formula is C84H157NO10. The highest BCUT2D eigenvalue weighted by molar-refractivity contribution is 5.76. The van der Waals surface area contributed by atoms with Gasteiger partial charge in [-0.05, 0) is 83.5 Å². The summed E-state index contributed by atoms with van der Waals surface area (Å²) >= 11 is 0. The van der Waals surface area contributed by atoms with Gasteiger partial charge in [0.05, 0.1) is 32.0 Å². The Kier molecular flexibility index (Phi) is 69.5. The van der Waals surface area contributed by atoms with Crippen molar-refractivity contribution in [2.24, 2.45) is 0 Å². The number of carbonyl (C=O) groups is 2. The highest BCUT2D eigenvalue weighted by Gasteiger charge is 2.44. The molecule has 0 radical (unpaired) electrons. The molecule has 0 aromatic heterocycles. The molecule has 1 heterocycles. The minimum Gasteiger partial charge on any atom is -0.466 e. The van der Waals surface area contributed by atoms with Gasteiger partial charge in [0.1, 0.15) is 24.4 Å². The quantitative estimate of drug-likeness (QED) is 0.0195. The molecule has 0 aliphatic carbocycles. The number of allylic oxidation sites excluding steroid dienone is 7. The van der Waals surface area contributed by atoms with Gasteiger partial charge in [-0.15, -0.1) is 0 Å². The Morgan fingerprint density at radius 1 is 0.389 bits per heavy atom. The average molecular weight is 1340 g/mol. The molecule has 11 nitrogen and oxygen atoms in total. The molecule has 1 aliphatic rings. The molecule has 7 unspecified atom stereocenters. The summed E-state index contributed by atoms with van der Waals surface area (Å²) < 4.78 is 16.8. The van der Waals surface area contributed by atoms with E-state index in [2.05, 4.69) is 55.6 Å². The van der Waals surface area contributed by atoms with Gasteiger partial charge >= 0.3 is 5.97 Å². The Morgan fingerprint density at radius 3 is 1.12 bits per heavy atom. The van der Waals surface area contributed by atoms with Gasteiger partial charge in [-0.3, -0.25) is 9.59 Å². The Morgan fingerprint density at radius 2 is 0.726 bits per heavy atom. The van der Waals surface area contributed by atoms with Crippen LogP contribution in [0.1, 0.15) is 412 Å². The summed E-state index contributed by atoms with van der Waals surface area (Å²) in [4.78, 5) is 25.2. The minimum atomic E-state index is -1.57. The Balaban J connectivity index is 1.90. The van der Waals surface area contributed by atoms with Crippen molar-refractivity contribution in [3.63, 3.8) is 0 Å². The molecule has 0 saturated carbocycles. The number of rotatable bonds is 74. The van der Waals surface area contributed by atoms with E-state index >= 15 is 0 Å². The van der Waals surface area contributed by atoms with E-state index in [-0.39, 0.29) is 18.5 Å². The Bertz CT molecular complexity index is 1720. The predicted octanol–water partition coefficient (Wildman–Crippen LogP) is 22.6. The highest BCUT2D eigenvalue weighted by Crippen LogP contribution is 2.24. The first-order valence-corrected chi connectivity index (χ1v) is 41.4. The summed E-state index contributed by atoms with van der Waals surface area (Å²) in [5.41, 5.74) is 0. The zero-order valence-electron chi connectivity index (χ0n) is 62.4. The number of hydrogen-bond acceptors (Lipinski definition) is 10. The van der Waals surface area contributed by atoms with E-state index in [1.165, 1.54) is 321 Å². The molecule has 1 amide bonds. The van der Waals surface area contributed by atoms with Crippen LogP contribution in [-0.2, 0) is 23.8 Å². The van der Waals surface area contributed by atoms with Gasteiger partial charge in [-0.25, -0.2) is 0 Å². The number of esters is 1. The van der Waals surface area contributed by atoms with Crippen molar-refractivity contribution in [3.05, 3.63) is 48.6 Å². The molecule has 1 rings (SSSR count). The lowest BCUT2D eigenvalue weighted by Crippen LogP contribution is -2.60. The van der Waals surface area contributed by atoms with E-state index in [0.29, 0.717) is 19.4 Å². The van der Waals surface area contributed by atoms with Crippen LogP contribution < -0.4 is 5.32 Å². The molecule has 1 fully saturated rings. The van der Waals surface area contributed by atoms with Gasteiger partial charge in [0, 0.05) is 12.8 Å². The zero-order chi connectivity index (χ0) is 68.6. The first-order valence-electron chi connectivity index (χ1n) is 41.4. The molecule has 1 aliphatic heterocycles. The molecule has 0 bridgehead atoms. The molecular weight excluding hydrogens is 1180 g/mol. The maximum Gasteiger partial charge on any atom is 0.305 e. The van der Waals surface area contributed by atoms with Crippen molar-refractivity contribution in [1.29, 1.82) is 0 Å². The largest absolute Gasteiger partial charge is 0.466 e. The SMILES string of the molecule is CCC/C=C\C/C=C\CCCCCCCC(=O)OCCCCCCCCCCCCCCCCCCCC/C=C\CCCCCCCCCCCCCCCCCCCC(=O)NC(COC1OC(CO)C(O)C(O)C1O)C(O)/C=C/CCCCCCCCCCCCCCC. The monoisotopic (exact) mass is 1340 g/mol. The fourth-order valence-electron chi connectivity index (χ4n) is 13.2. The first-order chi connectivity index (χ1) is 46.7. The van der Waals surface area contributed by atoms with E-state index < -0.39 is 49.5 Å². The minimum absolute atomic E-state index is 0.00168. The van der Waals surface area contributed by atoms with Gasteiger partial charge in [-0.2, -0.15) is 0 Å². The highest BCUT2D eigenvalue weighted by atomic mass is 16.7. The van der Waals surface area contributed by atoms with Crippen molar-refractivity contribution in [2.75, 3.05) is 19.8 Å². The van der Waals surface area contributed by atoms with Crippen LogP contribution in [0.25, 0.3) is 0 Å². The third kappa shape index (κ3) is 61.2. The fraction of sp³-hybridized carbons (Fsp3) is 0.881. The van der Waals surface area contributed by atoms with E-state index in [4.69, 9.17) is 14.2 Å². The molecule has 1 saturated heterocycles. The lowest BCUT2D eigenvalue weighted by Gasteiger charge is -2.40. The average Bonchev–Trinajstić information content (AvgIpc) is 0.849. The number of amides is 1. The van der Waals surface area contributed by atoms with Gasteiger partial charge in [-0.1, -0.05) is 364 Å². The lowest BCUT2D eigenvalue weighted by molar-refractivity contribution is -0.302. The lowest BCUT2D eigenvalue weighted by atomic mass is 9.99. The molecule has 95 heavy (non-hydrogen) atoms. The number of ether oxygens (including phenoxy) is 3. The third-order valence-electron chi connectivity index (χ3n) is 19.6. The number of carbonyl (C=O) groups excluding carboxylic acids is 2. The maximum atomic E-state index is 13.1. The number of aliphatic hydroxyl groups is 5. The van der Waals surface area contributed by atoms with Crippen molar-refractivity contribution in [1.82, 2.24) is 5.32 Å². The Hall–Kier alpha value is -2.38. The molecule has 11 heteroatoms. The smallest absolute Gasteiger partial charge is 0.305 e. The van der Waals surface area contributed by atoms with E-state index in [1.54, 1.807) is 6.08 Å². The zero-order valence-corrected chi connectivity index (χ0v) is 62.4. The van der Waals surface area contributed by atoms with Crippen LogP contribution in [0.3, 0.4) is 0 Å². The van der Waals surface area contributed by atoms with Crippen LogP contribution in [0.5, 0.6) is 0 Å². The number of hydrogen-bond donors (Lipinski definition) is 6. The second-order valence-electron chi connectivity index (χ2n) is 28.8. The summed E-state index contributed by atoms with van der Waals surface area (Å²) in [5.74, 6) is -0.172. The number of nitrogens with one attached hydrogen (secondary N) is 1. The van der Waals surface area contributed by atoms with Crippen molar-refractivity contribution < 1.29 is 49.3 Å². The van der Waals surface area contributed by atoms with E-state index in [0.717, 1.165) is 64.2 Å². The first kappa shape index (κ1) is 90.6. The second kappa shape index (κ2) is 72.9. The summed E-state index contributed by atoms with van der Waals surface area (Å²) in [6.45, 7) is 4.33. The molecule has 7 atom stereocenters. The van der Waals surface area contributed by atoms with E-state index in [1.807, 2.05) is 6.08 Å². The van der Waals surface area contributed by atoms with Crippen LogP contribution in [0, 0.1) is 0 Å². The van der Waals surface area contributed by atoms with Crippen molar-refractivity contribution in [2.45, 2.75) is 455 Å². The molecule has 0 spiro atoms. The normalized spacial score (nSPS) is 17.6. The van der Waals surface area contributed by atoms with Crippen LogP contribution in [0.2, 0.25) is 0 Å². The van der Waals surface area contributed by atoms with Crippen molar-refractivity contribution in [3.8, 4) is 0 Å². The standard InChI is InChI=1S/C84H157NO10/c1-3-5-7-9-11-13-15-17-43-47-50-54-58-62-66-70-77(87)76(75-94-84-83(92)82(91)81(90)78(74-86)95-84)85-79(88)71-67-63-59-55-51-48-44-41-39-37-35-33-31-29-27-25-23-21-19-18-20-22-24-26-28-30-32-34-36-38-40-42-45-49-53-57-61-65-69-73-93-80(89)72-68-64-60-56-52-46-16-14-12-10-8-6-4-2/h8,10,14,16,18-19,66,70,76-78,81-84,86-87,90-92H,3-7,9,11-13,15,17,20-65,67-69,71-75H2,1-2H3,(H,85,88)/b10-8-,16-14-,19-18-,70-66+. The van der Waals surface area contributed by atoms with Gasteiger partial charge in [0.25, 0.3) is 0 Å². The van der Waals surface area contributed by atoms with E-state index in [9.17, 15) is 35.1 Å². The fourth-order valence-corrected chi connectivity index (χ4v) is 13.2. The van der Waals surface area contributed by atoms with Gasteiger partial charge < -0.3 is 45.1 Å². The summed E-state index contributed by atoms with van der Waals surface area (Å²) in [6.07, 6.45) is 87.2. The summed E-state index contributed by atoms with van der Waals surface area (Å²) in [7, 11) is 0. The van der Waals surface area contributed by atoms with Crippen molar-refractivity contribution >= 4 is 11.9 Å². The van der Waals surface area contributed by atoms with Crippen LogP contribution in [0.15, 0.2) is 48.6 Å². The van der Waals surface area contributed by atoms with Crippen LogP contribution in [0.4, 0.5) is 0 Å². The topological polar surface area (TPSA) is 175 Å². The third-order valence-corrected chi connectivity index (χ3v) is 19.6. The molecule has 558 valence electrons. The molecule has 0 aromatic rings. The molecule has 6 N–H and O–H groups in total.